The number of carbonyl (C=O) groups excluding carboxylic acids is 1. The number of nitrogens with zero attached hydrogens (tertiary/aromatic N) is 1. The molecule has 0 aliphatic rings. The van der Waals surface area contributed by atoms with Crippen LogP contribution in [-0.4, -0.2) is 5.78 Å². The second-order valence-electron chi connectivity index (χ2n) is 5.36. The summed E-state index contributed by atoms with van der Waals surface area (Å²) in [5, 5.41) is 8.72. The first-order chi connectivity index (χ1) is 10.7. The Kier molecular flexibility index (Phi) is 5.68. The predicted octanol–water partition coefficient (Wildman–Crippen LogP) is 4.76. The molecular weight excluding hydrogens is 270 g/mol. The van der Waals surface area contributed by atoms with Gasteiger partial charge in [-0.15, -0.1) is 0 Å². The zero-order valence-corrected chi connectivity index (χ0v) is 12.6. The molecule has 0 N–H and O–H groups in total. The highest BCUT2D eigenvalue weighted by Crippen LogP contribution is 2.30. The summed E-state index contributed by atoms with van der Waals surface area (Å²) < 4.78 is 0. The van der Waals surface area contributed by atoms with E-state index in [9.17, 15) is 4.79 Å². The molecule has 0 saturated heterocycles. The van der Waals surface area contributed by atoms with E-state index in [0.29, 0.717) is 6.42 Å². The molecule has 0 heterocycles. The summed E-state index contributed by atoms with van der Waals surface area (Å²) in [5.74, 6) is 0.319. The molecule has 0 amide bonds. The van der Waals surface area contributed by atoms with Crippen molar-refractivity contribution in [1.29, 1.82) is 5.26 Å². The Morgan fingerprint density at radius 1 is 1.09 bits per heavy atom. The molecule has 0 spiro atoms. The number of ketones is 1. The lowest BCUT2D eigenvalue weighted by Gasteiger charge is -2.21. The van der Waals surface area contributed by atoms with Gasteiger partial charge in [-0.3, -0.25) is 4.79 Å². The smallest absolute Gasteiger partial charge is 0.163 e. The molecule has 0 saturated carbocycles. The van der Waals surface area contributed by atoms with Crippen LogP contribution in [0.15, 0.2) is 72.8 Å². The van der Waals surface area contributed by atoms with E-state index in [4.69, 9.17) is 5.26 Å². The highest BCUT2D eigenvalue weighted by Gasteiger charge is 2.21. The molecular formula is C20H19NO. The van der Waals surface area contributed by atoms with Gasteiger partial charge in [-0.1, -0.05) is 73.7 Å². The molecule has 22 heavy (non-hydrogen) atoms. The lowest BCUT2D eigenvalue weighted by Crippen LogP contribution is -2.13. The Labute approximate surface area is 131 Å². The summed E-state index contributed by atoms with van der Waals surface area (Å²) >= 11 is 0. The largest absolute Gasteiger partial charge is 0.294 e. The molecule has 2 aromatic rings. The van der Waals surface area contributed by atoms with Crippen molar-refractivity contribution < 1.29 is 4.79 Å². The molecule has 0 fully saturated rings. The van der Waals surface area contributed by atoms with Gasteiger partial charge < -0.3 is 0 Å². The average molecular weight is 289 g/mol. The van der Waals surface area contributed by atoms with Crippen LogP contribution in [0.2, 0.25) is 0 Å². The number of rotatable bonds is 6. The van der Waals surface area contributed by atoms with Gasteiger partial charge in [0.25, 0.3) is 0 Å². The fourth-order valence-electron chi connectivity index (χ4n) is 2.58. The first-order valence-corrected chi connectivity index (χ1v) is 7.42. The Morgan fingerprint density at radius 2 is 1.68 bits per heavy atom. The summed E-state index contributed by atoms with van der Waals surface area (Å²) in [6, 6.07) is 21.4. The van der Waals surface area contributed by atoms with Gasteiger partial charge in [0.1, 0.15) is 0 Å². The van der Waals surface area contributed by atoms with Crippen LogP contribution < -0.4 is 0 Å². The van der Waals surface area contributed by atoms with Crippen molar-refractivity contribution in [2.75, 3.05) is 0 Å². The van der Waals surface area contributed by atoms with Crippen molar-refractivity contribution in [1.82, 2.24) is 0 Å². The number of hydrogen-bond donors (Lipinski definition) is 0. The third-order valence-electron chi connectivity index (χ3n) is 3.84. The molecule has 0 aliphatic carbocycles. The summed E-state index contributed by atoms with van der Waals surface area (Å²) in [7, 11) is 0. The van der Waals surface area contributed by atoms with Crippen molar-refractivity contribution >= 4 is 5.78 Å². The summed E-state index contributed by atoms with van der Waals surface area (Å²) in [6.07, 6.45) is 3.80. The van der Waals surface area contributed by atoms with Crippen LogP contribution in [-0.2, 0) is 0 Å². The number of Topliss-reactive ketones (excluding diaryl/α,β-unsaturated/α-hetero) is 1. The molecule has 2 atom stereocenters. The quantitative estimate of drug-likeness (QED) is 0.568. The van der Waals surface area contributed by atoms with Gasteiger partial charge in [-0.25, -0.2) is 0 Å². The Bertz CT molecular complexity index is 668. The van der Waals surface area contributed by atoms with Gasteiger partial charge >= 0.3 is 0 Å². The lowest BCUT2D eigenvalue weighted by atomic mass is 9.82. The number of allylic oxidation sites excluding steroid dienone is 2. The van der Waals surface area contributed by atoms with E-state index in [2.05, 4.69) is 0 Å². The number of nitriles is 1. The number of hydrogen-bond acceptors (Lipinski definition) is 2. The van der Waals surface area contributed by atoms with Gasteiger partial charge in [-0.05, 0) is 17.4 Å². The molecule has 0 bridgehead atoms. The van der Waals surface area contributed by atoms with Crippen molar-refractivity contribution in [3.63, 3.8) is 0 Å². The van der Waals surface area contributed by atoms with Crippen LogP contribution in [0, 0.1) is 17.2 Å². The van der Waals surface area contributed by atoms with Gasteiger partial charge in [0.05, 0.1) is 6.07 Å². The van der Waals surface area contributed by atoms with Gasteiger partial charge in [0, 0.05) is 18.1 Å². The normalized spacial score (nSPS) is 13.5. The van der Waals surface area contributed by atoms with Crippen LogP contribution in [0.4, 0.5) is 0 Å². The molecule has 2 rings (SSSR count). The maximum Gasteiger partial charge on any atom is 0.163 e. The van der Waals surface area contributed by atoms with Crippen LogP contribution in [0.5, 0.6) is 0 Å². The molecule has 0 aliphatic heterocycles. The van der Waals surface area contributed by atoms with Crippen LogP contribution in [0.25, 0.3) is 0 Å². The minimum atomic E-state index is 0.0681. The van der Waals surface area contributed by atoms with Crippen molar-refractivity contribution in [3.8, 4) is 6.07 Å². The summed E-state index contributed by atoms with van der Waals surface area (Å²) in [6.45, 7) is 2.05. The van der Waals surface area contributed by atoms with E-state index < -0.39 is 0 Å². The Morgan fingerprint density at radius 3 is 2.27 bits per heavy atom. The Balaban J connectivity index is 2.24. The third-order valence-corrected chi connectivity index (χ3v) is 3.84. The fourth-order valence-corrected chi connectivity index (χ4v) is 2.58. The first-order valence-electron chi connectivity index (χ1n) is 7.42. The monoisotopic (exact) mass is 289 g/mol. The second kappa shape index (κ2) is 7.95. The maximum absolute atomic E-state index is 12.5. The minimum absolute atomic E-state index is 0.0681. The van der Waals surface area contributed by atoms with Crippen molar-refractivity contribution in [2.45, 2.75) is 19.3 Å². The van der Waals surface area contributed by atoms with E-state index in [1.807, 2.05) is 79.7 Å². The molecule has 0 aromatic heterocycles. The lowest BCUT2D eigenvalue weighted by molar-refractivity contribution is 0.0968. The molecule has 2 heteroatoms. The van der Waals surface area contributed by atoms with Crippen LogP contribution in [0.1, 0.15) is 35.2 Å². The average Bonchev–Trinajstić information content (AvgIpc) is 2.59. The number of carbonyl (C=O) groups is 1. The topological polar surface area (TPSA) is 40.9 Å². The van der Waals surface area contributed by atoms with E-state index in [-0.39, 0.29) is 17.6 Å². The molecule has 0 radical (unpaired) electrons. The molecule has 0 unspecified atom stereocenters. The zero-order valence-electron chi connectivity index (χ0n) is 12.6. The van der Waals surface area contributed by atoms with Crippen molar-refractivity contribution in [2.24, 2.45) is 5.92 Å². The fraction of sp³-hybridized carbons (Fsp3) is 0.200. The standard InChI is InChI=1S/C20H19NO/c1-16(9-8-14-21)19(17-10-4-2-5-11-17)15-20(22)18-12-6-3-7-13-18/h2-13,16,19H,15H2,1H3/b9-8+/t16-,19+/m1/s1. The molecule has 2 nitrogen and oxygen atoms in total. The van der Waals surface area contributed by atoms with Crippen LogP contribution >= 0.6 is 0 Å². The zero-order chi connectivity index (χ0) is 15.8. The van der Waals surface area contributed by atoms with Gasteiger partial charge in [0.15, 0.2) is 5.78 Å². The second-order valence-corrected chi connectivity index (χ2v) is 5.36. The SMILES string of the molecule is C[C@H](/C=C/C#N)[C@H](CC(=O)c1ccccc1)c1ccccc1. The maximum atomic E-state index is 12.5. The molecule has 2 aromatic carbocycles. The highest BCUT2D eigenvalue weighted by molar-refractivity contribution is 5.96. The van der Waals surface area contributed by atoms with Crippen LogP contribution in [0.3, 0.4) is 0 Å². The Hall–Kier alpha value is -2.66. The summed E-state index contributed by atoms with van der Waals surface area (Å²) in [4.78, 5) is 12.5. The van der Waals surface area contributed by atoms with E-state index >= 15 is 0 Å². The van der Waals surface area contributed by atoms with E-state index in [0.717, 1.165) is 11.1 Å². The predicted molar refractivity (Wildman–Crippen MR) is 88.5 cm³/mol. The van der Waals surface area contributed by atoms with E-state index in [1.54, 1.807) is 0 Å². The van der Waals surface area contributed by atoms with Gasteiger partial charge in [0.2, 0.25) is 0 Å². The van der Waals surface area contributed by atoms with Crippen molar-refractivity contribution in [3.05, 3.63) is 83.9 Å². The first kappa shape index (κ1) is 15.7. The number of benzene rings is 2. The minimum Gasteiger partial charge on any atom is -0.294 e. The molecule has 110 valence electrons. The highest BCUT2D eigenvalue weighted by atomic mass is 16.1. The van der Waals surface area contributed by atoms with E-state index in [1.165, 1.54) is 6.08 Å². The summed E-state index contributed by atoms with van der Waals surface area (Å²) in [5.41, 5.74) is 1.86. The van der Waals surface area contributed by atoms with Gasteiger partial charge in [-0.2, -0.15) is 5.26 Å². The third kappa shape index (κ3) is 4.17.